The van der Waals surface area contributed by atoms with Crippen molar-refractivity contribution in [2.24, 2.45) is 0 Å². The molecular formula is Cr3Ta2. The van der Waals surface area contributed by atoms with Crippen molar-refractivity contribution in [1.29, 1.82) is 0 Å². The van der Waals surface area contributed by atoms with E-state index in [0.717, 1.165) is 0 Å². The van der Waals surface area contributed by atoms with E-state index in [4.69, 9.17) is 0 Å². The zero-order valence-electron chi connectivity index (χ0n) is 2.12. The van der Waals surface area contributed by atoms with Crippen LogP contribution in [0.5, 0.6) is 0 Å². The van der Waals surface area contributed by atoms with Crippen molar-refractivity contribution in [1.82, 2.24) is 0 Å². The molecule has 5 heteroatoms. The molecule has 0 nitrogen and oxygen atoms in total. The van der Waals surface area contributed by atoms with Gasteiger partial charge in [-0.25, -0.2) is 0 Å². The second-order valence-corrected chi connectivity index (χ2v) is 0. The fourth-order valence-corrected chi connectivity index (χ4v) is 0. The van der Waals surface area contributed by atoms with E-state index in [1.165, 1.54) is 0 Å². The van der Waals surface area contributed by atoms with Crippen molar-refractivity contribution in [3.8, 4) is 0 Å². The summed E-state index contributed by atoms with van der Waals surface area (Å²) in [5.41, 5.74) is 0. The molecule has 0 atom stereocenters. The quantitative estimate of drug-likeness (QED) is 0.424. The van der Waals surface area contributed by atoms with E-state index in [1.54, 1.807) is 0 Å². The van der Waals surface area contributed by atoms with E-state index in [0.29, 0.717) is 0 Å². The third-order valence-corrected chi connectivity index (χ3v) is 0. The van der Waals surface area contributed by atoms with E-state index in [-0.39, 0.29) is 96.8 Å². The molecule has 0 N–H and O–H groups in total. The van der Waals surface area contributed by atoms with Gasteiger partial charge in [-0.15, -0.1) is 0 Å². The Kier molecular flexibility index (Phi) is 236. The Hall–Kier alpha value is 3.08. The monoisotopic (exact) mass is 518 g/mol. The maximum atomic E-state index is 0. The van der Waals surface area contributed by atoms with Crippen molar-refractivity contribution in [3.63, 3.8) is 0 Å². The fourth-order valence-electron chi connectivity index (χ4n) is 0. The van der Waals surface area contributed by atoms with Gasteiger partial charge in [0.25, 0.3) is 0 Å². The van der Waals surface area contributed by atoms with E-state index in [2.05, 4.69) is 0 Å². The zero-order valence-corrected chi connectivity index (χ0v) is 12.4. The SMILES string of the molecule is [Cr].[Cr].[Cr].[Ta].[Ta]. The minimum Gasteiger partial charge on any atom is 0 e. The van der Waals surface area contributed by atoms with Crippen molar-refractivity contribution in [2.45, 2.75) is 0 Å². The van der Waals surface area contributed by atoms with Crippen LogP contribution in [-0.4, -0.2) is 0 Å². The van der Waals surface area contributed by atoms with Gasteiger partial charge in [0, 0.05) is 96.8 Å². The Morgan fingerprint density at radius 1 is 0.400 bits per heavy atom. The minimum absolute atomic E-state index is 0. The second-order valence-electron chi connectivity index (χ2n) is 0. The maximum Gasteiger partial charge on any atom is 0 e. The Bertz CT molecular complexity index is 4.85. The molecule has 5 heavy (non-hydrogen) atoms. The summed E-state index contributed by atoms with van der Waals surface area (Å²) in [5.74, 6) is 0. The second kappa shape index (κ2) is 27.6. The van der Waals surface area contributed by atoms with Gasteiger partial charge in [-0.3, -0.25) is 0 Å². The smallest absolute Gasteiger partial charge is 0 e. The number of rotatable bonds is 0. The molecule has 0 heterocycles. The molecule has 0 rings (SSSR count). The van der Waals surface area contributed by atoms with E-state index >= 15 is 0 Å². The third kappa shape index (κ3) is 19.3. The van der Waals surface area contributed by atoms with Crippen LogP contribution < -0.4 is 0 Å². The molecule has 2 radical (unpaired) electrons. The Labute approximate surface area is 95.3 Å². The fraction of sp³-hybridized carbons (Fsp3) is 0. The van der Waals surface area contributed by atoms with Crippen LogP contribution in [0.3, 0.4) is 0 Å². The molecule has 0 bridgehead atoms. The molecule has 0 unspecified atom stereocenters. The van der Waals surface area contributed by atoms with Crippen LogP contribution in [0.1, 0.15) is 0 Å². The number of hydrogen-bond donors (Lipinski definition) is 0. The summed E-state index contributed by atoms with van der Waals surface area (Å²) in [6.07, 6.45) is 0. The normalized spacial score (nSPS) is 0. The molecule has 0 aliphatic carbocycles. The maximum absolute atomic E-state index is 0. The van der Waals surface area contributed by atoms with E-state index < -0.39 is 0 Å². The first-order valence-electron chi connectivity index (χ1n) is 0. The first-order valence-corrected chi connectivity index (χ1v) is 0. The molecule has 0 fully saturated rings. The molecule has 28 valence electrons. The molecular weight excluding hydrogens is 518 g/mol. The topological polar surface area (TPSA) is 0 Å². The van der Waals surface area contributed by atoms with Crippen molar-refractivity contribution < 1.29 is 96.8 Å². The average Bonchev–Trinajstić information content (AvgIpc) is 0. The predicted molar refractivity (Wildman–Crippen MR) is 0 cm³/mol. The van der Waals surface area contributed by atoms with Crippen molar-refractivity contribution >= 4 is 0 Å². The predicted octanol–water partition coefficient (Wildman–Crippen LogP) is -0.0125. The Morgan fingerprint density at radius 3 is 0.400 bits per heavy atom. The van der Waals surface area contributed by atoms with Gasteiger partial charge in [0.05, 0.1) is 0 Å². The summed E-state index contributed by atoms with van der Waals surface area (Å²) in [6.45, 7) is 0. The van der Waals surface area contributed by atoms with Crippen LogP contribution in [0.2, 0.25) is 0 Å². The van der Waals surface area contributed by atoms with E-state index in [9.17, 15) is 0 Å². The van der Waals surface area contributed by atoms with Gasteiger partial charge in [0.1, 0.15) is 0 Å². The first kappa shape index (κ1) is 42.7. The van der Waals surface area contributed by atoms with Gasteiger partial charge in [-0.1, -0.05) is 0 Å². The van der Waals surface area contributed by atoms with Gasteiger partial charge in [-0.2, -0.15) is 0 Å². The Balaban J connectivity index is 0. The van der Waals surface area contributed by atoms with Crippen LogP contribution in [0.15, 0.2) is 0 Å². The summed E-state index contributed by atoms with van der Waals surface area (Å²) in [5, 5.41) is 0. The summed E-state index contributed by atoms with van der Waals surface area (Å²) < 4.78 is 0. The van der Waals surface area contributed by atoms with Gasteiger partial charge in [0.15, 0.2) is 0 Å². The van der Waals surface area contributed by atoms with Crippen LogP contribution >= 0.6 is 0 Å². The summed E-state index contributed by atoms with van der Waals surface area (Å²) in [6, 6.07) is 0. The average molecular weight is 518 g/mol. The molecule has 0 aromatic rings. The van der Waals surface area contributed by atoms with Crippen LogP contribution in [0.4, 0.5) is 0 Å². The molecule has 0 saturated heterocycles. The summed E-state index contributed by atoms with van der Waals surface area (Å²) >= 11 is 0. The van der Waals surface area contributed by atoms with Gasteiger partial charge in [0.2, 0.25) is 0 Å². The molecule has 0 aromatic carbocycles. The molecule has 0 aromatic heterocycles. The van der Waals surface area contributed by atoms with E-state index in [1.807, 2.05) is 0 Å². The third-order valence-electron chi connectivity index (χ3n) is 0. The van der Waals surface area contributed by atoms with Crippen LogP contribution in [-0.2, 0) is 96.8 Å². The Morgan fingerprint density at radius 2 is 0.400 bits per heavy atom. The van der Waals surface area contributed by atoms with Crippen molar-refractivity contribution in [2.75, 3.05) is 0 Å². The largest absolute Gasteiger partial charge is 0 e. The number of hydrogen-bond acceptors (Lipinski definition) is 0. The molecule has 0 aliphatic rings. The first-order chi connectivity index (χ1) is 0. The molecule has 0 spiro atoms. The standard InChI is InChI=1S/3Cr.2Ta. The molecule has 0 saturated carbocycles. The van der Waals surface area contributed by atoms with Crippen molar-refractivity contribution in [3.05, 3.63) is 0 Å². The molecule has 0 aliphatic heterocycles. The summed E-state index contributed by atoms with van der Waals surface area (Å²) in [7, 11) is 0. The van der Waals surface area contributed by atoms with Crippen LogP contribution in [0, 0.1) is 0 Å². The molecule has 0 amide bonds. The van der Waals surface area contributed by atoms with Gasteiger partial charge >= 0.3 is 0 Å². The van der Waals surface area contributed by atoms with Crippen LogP contribution in [0.25, 0.3) is 0 Å². The van der Waals surface area contributed by atoms with Gasteiger partial charge in [-0.05, 0) is 0 Å². The minimum atomic E-state index is 0. The zero-order chi connectivity index (χ0) is 0. The summed E-state index contributed by atoms with van der Waals surface area (Å²) in [4.78, 5) is 0. The van der Waals surface area contributed by atoms with Gasteiger partial charge < -0.3 is 0 Å².